The molecule has 0 atom stereocenters. The fraction of sp³-hybridized carbons (Fsp3) is 0.571. The summed E-state index contributed by atoms with van der Waals surface area (Å²) >= 11 is 0. The predicted molar refractivity (Wildman–Crippen MR) is 141 cm³/mol. The number of anilines is 2. The molecule has 0 spiro atoms. The van der Waals surface area contributed by atoms with Crippen molar-refractivity contribution in [1.29, 1.82) is 0 Å². The molecular weight excluding hydrogens is 395 g/mol. The van der Waals surface area contributed by atoms with Crippen LogP contribution in [0.4, 0.5) is 11.4 Å². The summed E-state index contributed by atoms with van der Waals surface area (Å²) in [4.78, 5) is 4.50. The smallest absolute Gasteiger partial charge is 0.0461 e. The van der Waals surface area contributed by atoms with Gasteiger partial charge in [-0.25, -0.2) is 0 Å². The van der Waals surface area contributed by atoms with Gasteiger partial charge in [-0.2, -0.15) is 0 Å². The maximum absolute atomic E-state index is 2.50. The fourth-order valence-corrected chi connectivity index (χ4v) is 9.69. The van der Waals surface area contributed by atoms with Gasteiger partial charge in [0, 0.05) is 45.1 Å². The molecule has 168 valence electrons. The standard InChI is InChI=1S/C28H41N2P/c1-29(2)22-19-20-25(27(21-22)30(3)4)26-17-11-12-18-28(26)31(23-13-7-5-8-14-23)24-15-9-6-10-16-24/h11-12,17-21,23-24H,5-10,13-16H2,1-4H3. The van der Waals surface area contributed by atoms with Crippen molar-refractivity contribution in [1.82, 2.24) is 0 Å². The molecule has 0 heterocycles. The average molecular weight is 437 g/mol. The first-order valence-corrected chi connectivity index (χ1v) is 13.9. The Balaban J connectivity index is 1.81. The second-order valence-electron chi connectivity index (χ2n) is 10.00. The topological polar surface area (TPSA) is 6.48 Å². The number of benzene rings is 2. The van der Waals surface area contributed by atoms with Crippen molar-refractivity contribution in [3.63, 3.8) is 0 Å². The second kappa shape index (κ2) is 10.4. The Morgan fingerprint density at radius 3 is 1.77 bits per heavy atom. The lowest BCUT2D eigenvalue weighted by Crippen LogP contribution is -2.27. The Labute approximate surface area is 191 Å². The zero-order chi connectivity index (χ0) is 21.8. The summed E-state index contributed by atoms with van der Waals surface area (Å²) in [6.45, 7) is 0. The first-order chi connectivity index (χ1) is 15.1. The lowest BCUT2D eigenvalue weighted by molar-refractivity contribution is 0.487. The van der Waals surface area contributed by atoms with Crippen LogP contribution in [0.25, 0.3) is 11.1 Å². The number of rotatable bonds is 6. The van der Waals surface area contributed by atoms with Crippen LogP contribution in [-0.2, 0) is 0 Å². The van der Waals surface area contributed by atoms with Crippen molar-refractivity contribution in [3.8, 4) is 11.1 Å². The van der Waals surface area contributed by atoms with Crippen molar-refractivity contribution in [3.05, 3.63) is 42.5 Å². The fourth-order valence-electron chi connectivity index (χ4n) is 5.73. The average Bonchev–Trinajstić information content (AvgIpc) is 2.80. The van der Waals surface area contributed by atoms with Crippen LogP contribution in [0, 0.1) is 0 Å². The van der Waals surface area contributed by atoms with E-state index in [9.17, 15) is 0 Å². The minimum absolute atomic E-state index is 0.117. The Kier molecular flexibility index (Phi) is 7.59. The molecule has 4 rings (SSSR count). The second-order valence-corrected chi connectivity index (χ2v) is 12.8. The van der Waals surface area contributed by atoms with Gasteiger partial charge in [0.05, 0.1) is 0 Å². The largest absolute Gasteiger partial charge is 0.378 e. The third kappa shape index (κ3) is 5.11. The lowest BCUT2D eigenvalue weighted by Gasteiger charge is -2.40. The number of hydrogen-bond donors (Lipinski definition) is 0. The summed E-state index contributed by atoms with van der Waals surface area (Å²) in [5.41, 5.74) is 7.37. The van der Waals surface area contributed by atoms with Crippen LogP contribution < -0.4 is 15.1 Å². The highest BCUT2D eigenvalue weighted by Gasteiger charge is 2.33. The third-order valence-corrected chi connectivity index (χ3v) is 10.9. The molecule has 2 aliphatic carbocycles. The van der Waals surface area contributed by atoms with E-state index in [1.165, 1.54) is 86.7 Å². The van der Waals surface area contributed by atoms with Gasteiger partial charge < -0.3 is 9.80 Å². The molecule has 0 aromatic heterocycles. The van der Waals surface area contributed by atoms with Crippen LogP contribution >= 0.6 is 7.92 Å². The third-order valence-electron chi connectivity index (χ3n) is 7.39. The van der Waals surface area contributed by atoms with Gasteiger partial charge in [0.15, 0.2) is 0 Å². The molecule has 0 radical (unpaired) electrons. The van der Waals surface area contributed by atoms with Crippen molar-refractivity contribution in [2.75, 3.05) is 38.0 Å². The number of hydrogen-bond acceptors (Lipinski definition) is 2. The SMILES string of the molecule is CN(C)c1ccc(-c2ccccc2P(C2CCCCC2)C2CCCCC2)c(N(C)C)c1. The summed E-state index contributed by atoms with van der Waals surface area (Å²) < 4.78 is 0. The van der Waals surface area contributed by atoms with Gasteiger partial charge in [0.2, 0.25) is 0 Å². The molecule has 0 N–H and O–H groups in total. The molecule has 0 saturated heterocycles. The monoisotopic (exact) mass is 436 g/mol. The Hall–Kier alpha value is -1.53. The van der Waals surface area contributed by atoms with Crippen LogP contribution in [0.1, 0.15) is 64.2 Å². The summed E-state index contributed by atoms with van der Waals surface area (Å²) in [6.07, 6.45) is 14.5. The highest BCUT2D eigenvalue weighted by Crippen LogP contribution is 2.56. The molecule has 2 aromatic carbocycles. The Bertz CT molecular complexity index is 830. The highest BCUT2D eigenvalue weighted by atomic mass is 31.1. The van der Waals surface area contributed by atoms with E-state index in [4.69, 9.17) is 0 Å². The summed E-state index contributed by atoms with van der Waals surface area (Å²) in [5.74, 6) is 0. The zero-order valence-electron chi connectivity index (χ0n) is 20.1. The predicted octanol–water partition coefficient (Wildman–Crippen LogP) is 7.26. The minimum atomic E-state index is -0.117. The summed E-state index contributed by atoms with van der Waals surface area (Å²) in [5, 5.41) is 1.69. The molecular formula is C28H41N2P. The van der Waals surface area contributed by atoms with E-state index in [0.29, 0.717) is 0 Å². The van der Waals surface area contributed by atoms with Crippen molar-refractivity contribution < 1.29 is 0 Å². The summed E-state index contributed by atoms with van der Waals surface area (Å²) in [6, 6.07) is 16.5. The first kappa shape index (κ1) is 22.7. The molecule has 0 unspecified atom stereocenters. The van der Waals surface area contributed by atoms with Crippen LogP contribution in [0.15, 0.2) is 42.5 Å². The van der Waals surface area contributed by atoms with E-state index in [1.54, 1.807) is 5.30 Å². The quantitative estimate of drug-likeness (QED) is 0.440. The van der Waals surface area contributed by atoms with Gasteiger partial charge in [-0.3, -0.25) is 0 Å². The molecule has 31 heavy (non-hydrogen) atoms. The Morgan fingerprint density at radius 1 is 0.645 bits per heavy atom. The maximum Gasteiger partial charge on any atom is 0.0461 e. The molecule has 2 fully saturated rings. The van der Waals surface area contributed by atoms with Gasteiger partial charge >= 0.3 is 0 Å². The van der Waals surface area contributed by atoms with Crippen LogP contribution in [0.3, 0.4) is 0 Å². The zero-order valence-corrected chi connectivity index (χ0v) is 21.0. The van der Waals surface area contributed by atoms with Crippen molar-refractivity contribution >= 4 is 24.6 Å². The highest BCUT2D eigenvalue weighted by molar-refractivity contribution is 7.67. The van der Waals surface area contributed by atoms with Gasteiger partial charge in [-0.15, -0.1) is 0 Å². The number of nitrogens with zero attached hydrogens (tertiary/aromatic N) is 2. The minimum Gasteiger partial charge on any atom is -0.378 e. The van der Waals surface area contributed by atoms with Crippen LogP contribution in [0.5, 0.6) is 0 Å². The van der Waals surface area contributed by atoms with Gasteiger partial charge in [-0.1, -0.05) is 76.8 Å². The molecule has 2 aliphatic rings. The van der Waals surface area contributed by atoms with E-state index in [0.717, 1.165) is 11.3 Å². The van der Waals surface area contributed by atoms with Crippen LogP contribution in [0.2, 0.25) is 0 Å². The van der Waals surface area contributed by atoms with Crippen LogP contribution in [-0.4, -0.2) is 39.5 Å². The van der Waals surface area contributed by atoms with E-state index in [1.807, 2.05) is 0 Å². The molecule has 2 nitrogen and oxygen atoms in total. The van der Waals surface area contributed by atoms with E-state index >= 15 is 0 Å². The molecule has 0 aliphatic heterocycles. The van der Waals surface area contributed by atoms with E-state index < -0.39 is 0 Å². The molecule has 0 bridgehead atoms. The van der Waals surface area contributed by atoms with Crippen molar-refractivity contribution in [2.45, 2.75) is 75.5 Å². The van der Waals surface area contributed by atoms with Gasteiger partial charge in [0.1, 0.15) is 0 Å². The Morgan fingerprint density at radius 2 is 1.23 bits per heavy atom. The van der Waals surface area contributed by atoms with E-state index in [-0.39, 0.29) is 7.92 Å². The van der Waals surface area contributed by atoms with Gasteiger partial charge in [0.25, 0.3) is 0 Å². The molecule has 2 saturated carbocycles. The van der Waals surface area contributed by atoms with Crippen molar-refractivity contribution in [2.24, 2.45) is 0 Å². The molecule has 3 heteroatoms. The normalized spacial score (nSPS) is 18.4. The molecule has 2 aromatic rings. The first-order valence-electron chi connectivity index (χ1n) is 12.4. The molecule has 0 amide bonds. The maximum atomic E-state index is 2.50. The van der Waals surface area contributed by atoms with E-state index in [2.05, 4.69) is 80.5 Å². The lowest BCUT2D eigenvalue weighted by atomic mass is 9.99. The summed E-state index contributed by atoms with van der Waals surface area (Å²) in [7, 11) is 8.52. The van der Waals surface area contributed by atoms with Gasteiger partial charge in [-0.05, 0) is 60.0 Å².